The van der Waals surface area contributed by atoms with Crippen LogP contribution in [0.15, 0.2) is 34.8 Å². The minimum atomic E-state index is 0.670. The van der Waals surface area contributed by atoms with E-state index in [0.29, 0.717) is 11.3 Å². The fraction of sp³-hybridized carbons (Fsp3) is 0. The summed E-state index contributed by atoms with van der Waals surface area (Å²) in [6.07, 6.45) is 0. The highest BCUT2D eigenvalue weighted by Gasteiger charge is 2.04. The molecule has 0 fully saturated rings. The van der Waals surface area contributed by atoms with Crippen molar-refractivity contribution in [3.8, 4) is 6.07 Å². The molecule has 0 heterocycles. The first-order valence-electron chi connectivity index (χ1n) is 4.11. The molecule has 0 radical (unpaired) electrons. The summed E-state index contributed by atoms with van der Waals surface area (Å²) in [6, 6.07) is 11.4. The molecule has 0 aliphatic heterocycles. The van der Waals surface area contributed by atoms with Crippen LogP contribution in [0, 0.1) is 11.3 Å². The van der Waals surface area contributed by atoms with Gasteiger partial charge in [0.05, 0.1) is 11.6 Å². The summed E-state index contributed by atoms with van der Waals surface area (Å²) in [7, 11) is 0. The van der Waals surface area contributed by atoms with Crippen molar-refractivity contribution in [2.75, 3.05) is 5.73 Å². The van der Waals surface area contributed by atoms with Crippen LogP contribution in [0.2, 0.25) is 0 Å². The number of hydrogen-bond donors (Lipinski definition) is 1. The second-order valence-electron chi connectivity index (χ2n) is 2.98. The van der Waals surface area contributed by atoms with E-state index in [9.17, 15) is 0 Å². The van der Waals surface area contributed by atoms with Gasteiger partial charge in [-0.05, 0) is 33.4 Å². The Morgan fingerprint density at radius 3 is 2.64 bits per heavy atom. The lowest BCUT2D eigenvalue weighted by molar-refractivity contribution is 1.50. The predicted octanol–water partition coefficient (Wildman–Crippen LogP) is 3.06. The SMILES string of the molecule is N#Cc1cccc2c(Br)c(N)ccc12. The van der Waals surface area contributed by atoms with Crippen LogP contribution in [0.25, 0.3) is 10.8 Å². The number of rotatable bonds is 0. The molecule has 0 unspecified atom stereocenters. The summed E-state index contributed by atoms with van der Waals surface area (Å²) in [5.41, 5.74) is 7.10. The fourth-order valence-corrected chi connectivity index (χ4v) is 1.91. The first-order valence-corrected chi connectivity index (χ1v) is 4.90. The molecule has 3 heteroatoms. The van der Waals surface area contributed by atoms with Crippen molar-refractivity contribution >= 4 is 32.4 Å². The number of anilines is 1. The summed E-state index contributed by atoms with van der Waals surface area (Å²) in [5.74, 6) is 0. The molecule has 0 aliphatic rings. The van der Waals surface area contributed by atoms with Gasteiger partial charge >= 0.3 is 0 Å². The van der Waals surface area contributed by atoms with E-state index in [1.807, 2.05) is 18.2 Å². The van der Waals surface area contributed by atoms with Crippen molar-refractivity contribution in [1.29, 1.82) is 5.26 Å². The van der Waals surface area contributed by atoms with E-state index in [1.54, 1.807) is 12.1 Å². The summed E-state index contributed by atoms with van der Waals surface area (Å²) >= 11 is 3.41. The quantitative estimate of drug-likeness (QED) is 0.727. The van der Waals surface area contributed by atoms with Crippen LogP contribution in [0.5, 0.6) is 0 Å². The Kier molecular flexibility index (Phi) is 2.14. The van der Waals surface area contributed by atoms with E-state index >= 15 is 0 Å². The number of benzene rings is 2. The normalized spacial score (nSPS) is 10.0. The molecule has 0 aromatic heterocycles. The number of nitrogen functional groups attached to an aromatic ring is 1. The fourth-order valence-electron chi connectivity index (χ4n) is 1.44. The highest BCUT2D eigenvalue weighted by Crippen LogP contribution is 2.30. The third-order valence-corrected chi connectivity index (χ3v) is 3.03. The Morgan fingerprint density at radius 2 is 1.93 bits per heavy atom. The monoisotopic (exact) mass is 246 g/mol. The molecule has 2 aromatic rings. The predicted molar refractivity (Wildman–Crippen MR) is 60.8 cm³/mol. The Labute approximate surface area is 90.1 Å². The van der Waals surface area contributed by atoms with Crippen molar-refractivity contribution in [3.05, 3.63) is 40.4 Å². The van der Waals surface area contributed by atoms with Gasteiger partial charge in [-0.2, -0.15) is 5.26 Å². The molecule has 2 aromatic carbocycles. The molecule has 0 aliphatic carbocycles. The molecular weight excluding hydrogens is 240 g/mol. The second-order valence-corrected chi connectivity index (χ2v) is 3.77. The Hall–Kier alpha value is -1.53. The van der Waals surface area contributed by atoms with Gasteiger partial charge in [-0.3, -0.25) is 0 Å². The minimum Gasteiger partial charge on any atom is -0.398 e. The summed E-state index contributed by atoms with van der Waals surface area (Å²) < 4.78 is 0.854. The van der Waals surface area contributed by atoms with Crippen LogP contribution in [-0.2, 0) is 0 Å². The van der Waals surface area contributed by atoms with Gasteiger partial charge in [0, 0.05) is 15.5 Å². The van der Waals surface area contributed by atoms with Crippen molar-refractivity contribution in [3.63, 3.8) is 0 Å². The van der Waals surface area contributed by atoms with Gasteiger partial charge in [-0.15, -0.1) is 0 Å². The molecule has 2 nitrogen and oxygen atoms in total. The molecule has 0 bridgehead atoms. The van der Waals surface area contributed by atoms with Crippen molar-refractivity contribution in [2.24, 2.45) is 0 Å². The van der Waals surface area contributed by atoms with Gasteiger partial charge in [0.2, 0.25) is 0 Å². The third kappa shape index (κ3) is 1.24. The Morgan fingerprint density at radius 1 is 1.14 bits per heavy atom. The molecule has 0 saturated heterocycles. The van der Waals surface area contributed by atoms with Crippen LogP contribution >= 0.6 is 15.9 Å². The maximum atomic E-state index is 8.90. The molecule has 68 valence electrons. The first-order chi connectivity index (χ1) is 6.74. The Balaban J connectivity index is 2.95. The number of fused-ring (bicyclic) bond motifs is 1. The van der Waals surface area contributed by atoms with E-state index in [0.717, 1.165) is 15.2 Å². The lowest BCUT2D eigenvalue weighted by atomic mass is 10.1. The topological polar surface area (TPSA) is 49.8 Å². The Bertz CT molecular complexity index is 541. The smallest absolute Gasteiger partial charge is 0.0998 e. The lowest BCUT2D eigenvalue weighted by Gasteiger charge is -2.04. The van der Waals surface area contributed by atoms with E-state index < -0.39 is 0 Å². The highest BCUT2D eigenvalue weighted by molar-refractivity contribution is 9.10. The van der Waals surface area contributed by atoms with Crippen LogP contribution in [0.1, 0.15) is 5.56 Å². The maximum absolute atomic E-state index is 8.90. The standard InChI is InChI=1S/C11H7BrN2/c12-11-9-3-1-2-7(6-13)8(9)4-5-10(11)14/h1-5H,14H2. The van der Waals surface area contributed by atoms with Crippen molar-refractivity contribution in [1.82, 2.24) is 0 Å². The van der Waals surface area contributed by atoms with E-state index in [-0.39, 0.29) is 0 Å². The average molecular weight is 247 g/mol. The van der Waals surface area contributed by atoms with E-state index in [4.69, 9.17) is 11.0 Å². The molecule has 14 heavy (non-hydrogen) atoms. The molecule has 0 amide bonds. The zero-order valence-corrected chi connectivity index (χ0v) is 8.88. The minimum absolute atomic E-state index is 0.670. The summed E-state index contributed by atoms with van der Waals surface area (Å²) in [4.78, 5) is 0. The van der Waals surface area contributed by atoms with Gasteiger partial charge in [0.15, 0.2) is 0 Å². The zero-order valence-electron chi connectivity index (χ0n) is 7.29. The zero-order chi connectivity index (χ0) is 10.1. The van der Waals surface area contributed by atoms with Crippen molar-refractivity contribution < 1.29 is 0 Å². The second kappa shape index (κ2) is 3.32. The van der Waals surface area contributed by atoms with Crippen LogP contribution in [0.3, 0.4) is 0 Å². The largest absolute Gasteiger partial charge is 0.398 e. The molecule has 0 atom stereocenters. The van der Waals surface area contributed by atoms with Crippen molar-refractivity contribution in [2.45, 2.75) is 0 Å². The van der Waals surface area contributed by atoms with Gasteiger partial charge in [-0.1, -0.05) is 18.2 Å². The van der Waals surface area contributed by atoms with Gasteiger partial charge in [0.25, 0.3) is 0 Å². The maximum Gasteiger partial charge on any atom is 0.0998 e. The summed E-state index contributed by atoms with van der Waals surface area (Å²) in [6.45, 7) is 0. The van der Waals surface area contributed by atoms with Gasteiger partial charge in [-0.25, -0.2) is 0 Å². The number of hydrogen-bond acceptors (Lipinski definition) is 2. The molecular formula is C11H7BrN2. The van der Waals surface area contributed by atoms with Crippen LogP contribution in [-0.4, -0.2) is 0 Å². The highest BCUT2D eigenvalue weighted by atomic mass is 79.9. The number of halogens is 1. The molecule has 0 saturated carbocycles. The first kappa shape index (κ1) is 9.04. The number of nitrogens with two attached hydrogens (primary N) is 1. The molecule has 2 rings (SSSR count). The number of nitriles is 1. The molecule has 0 spiro atoms. The third-order valence-electron chi connectivity index (χ3n) is 2.15. The number of nitrogens with zero attached hydrogens (tertiary/aromatic N) is 1. The van der Waals surface area contributed by atoms with Gasteiger partial charge in [0.1, 0.15) is 0 Å². The van der Waals surface area contributed by atoms with Crippen LogP contribution in [0.4, 0.5) is 5.69 Å². The van der Waals surface area contributed by atoms with Gasteiger partial charge < -0.3 is 5.73 Å². The summed E-state index contributed by atoms with van der Waals surface area (Å²) in [5, 5.41) is 10.8. The van der Waals surface area contributed by atoms with E-state index in [1.165, 1.54) is 0 Å². The average Bonchev–Trinajstić information content (AvgIpc) is 2.23. The lowest BCUT2D eigenvalue weighted by Crippen LogP contribution is -1.88. The van der Waals surface area contributed by atoms with E-state index in [2.05, 4.69) is 22.0 Å². The van der Waals surface area contributed by atoms with Crippen LogP contribution < -0.4 is 5.73 Å². The molecule has 2 N–H and O–H groups in total.